The molecule has 0 atom stereocenters. The van der Waals surface area contributed by atoms with Gasteiger partial charge in [0.15, 0.2) is 0 Å². The van der Waals surface area contributed by atoms with E-state index in [1.165, 1.54) is 5.56 Å². The van der Waals surface area contributed by atoms with Crippen molar-refractivity contribution in [2.75, 3.05) is 18.1 Å². The van der Waals surface area contributed by atoms with E-state index in [2.05, 4.69) is 15.4 Å². The Labute approximate surface area is 142 Å². The fraction of sp³-hybridized carbons (Fsp3) is 0.235. The van der Waals surface area contributed by atoms with Crippen molar-refractivity contribution in [1.29, 1.82) is 0 Å². The second-order valence-electron chi connectivity index (χ2n) is 5.41. The molecule has 2 aromatic carbocycles. The van der Waals surface area contributed by atoms with Gasteiger partial charge in [0, 0.05) is 18.8 Å². The van der Waals surface area contributed by atoms with Crippen molar-refractivity contribution < 1.29 is 13.2 Å². The molecule has 7 heteroatoms. The SMILES string of the molecule is CS(=O)(=O)NCc1ccc(NC(=O)NCCc2ccccc2)cc1. The third-order valence-electron chi connectivity index (χ3n) is 3.29. The zero-order valence-corrected chi connectivity index (χ0v) is 14.3. The highest BCUT2D eigenvalue weighted by molar-refractivity contribution is 7.88. The first-order valence-corrected chi connectivity index (χ1v) is 9.44. The van der Waals surface area contributed by atoms with Crippen LogP contribution in [-0.4, -0.2) is 27.2 Å². The Kier molecular flexibility index (Phi) is 6.34. The second kappa shape index (κ2) is 8.47. The van der Waals surface area contributed by atoms with Gasteiger partial charge in [0.1, 0.15) is 0 Å². The maximum atomic E-state index is 11.8. The molecule has 0 spiro atoms. The highest BCUT2D eigenvalue weighted by Crippen LogP contribution is 2.09. The number of benzene rings is 2. The van der Waals surface area contributed by atoms with E-state index in [1.807, 2.05) is 30.3 Å². The van der Waals surface area contributed by atoms with Crippen LogP contribution in [0, 0.1) is 0 Å². The maximum Gasteiger partial charge on any atom is 0.319 e. The van der Waals surface area contributed by atoms with Gasteiger partial charge in [-0.15, -0.1) is 0 Å². The highest BCUT2D eigenvalue weighted by atomic mass is 32.2. The number of amides is 2. The van der Waals surface area contributed by atoms with Gasteiger partial charge in [0.25, 0.3) is 0 Å². The molecule has 0 aliphatic heterocycles. The molecule has 0 radical (unpaired) electrons. The van der Waals surface area contributed by atoms with Crippen LogP contribution in [-0.2, 0) is 23.0 Å². The number of rotatable bonds is 7. The monoisotopic (exact) mass is 347 g/mol. The van der Waals surface area contributed by atoms with Crippen LogP contribution in [0.25, 0.3) is 0 Å². The molecule has 2 aromatic rings. The number of anilines is 1. The molecule has 0 aliphatic rings. The maximum absolute atomic E-state index is 11.8. The molecule has 128 valence electrons. The predicted molar refractivity (Wildman–Crippen MR) is 95.3 cm³/mol. The lowest BCUT2D eigenvalue weighted by Gasteiger charge is -2.09. The van der Waals surface area contributed by atoms with Crippen molar-refractivity contribution in [3.63, 3.8) is 0 Å². The van der Waals surface area contributed by atoms with Crippen LogP contribution in [0.3, 0.4) is 0 Å². The molecule has 0 aliphatic carbocycles. The van der Waals surface area contributed by atoms with Gasteiger partial charge in [-0.2, -0.15) is 0 Å². The molecular formula is C17H21N3O3S. The predicted octanol–water partition coefficient (Wildman–Crippen LogP) is 2.10. The molecule has 2 rings (SSSR count). The first-order valence-electron chi connectivity index (χ1n) is 7.55. The lowest BCUT2D eigenvalue weighted by atomic mass is 10.1. The van der Waals surface area contributed by atoms with Gasteiger partial charge in [-0.05, 0) is 29.7 Å². The Hall–Kier alpha value is -2.38. The topological polar surface area (TPSA) is 87.3 Å². The lowest BCUT2D eigenvalue weighted by Crippen LogP contribution is -2.30. The Balaban J connectivity index is 1.75. The summed E-state index contributed by atoms with van der Waals surface area (Å²) in [6, 6.07) is 16.6. The fourth-order valence-electron chi connectivity index (χ4n) is 2.06. The normalized spacial score (nSPS) is 11.0. The molecule has 2 amide bonds. The summed E-state index contributed by atoms with van der Waals surface area (Å²) in [6.07, 6.45) is 1.88. The molecule has 3 N–H and O–H groups in total. The van der Waals surface area contributed by atoms with E-state index >= 15 is 0 Å². The lowest BCUT2D eigenvalue weighted by molar-refractivity contribution is 0.252. The minimum atomic E-state index is -3.21. The van der Waals surface area contributed by atoms with E-state index in [1.54, 1.807) is 24.3 Å². The molecule has 0 heterocycles. The average Bonchev–Trinajstić information content (AvgIpc) is 2.54. The summed E-state index contributed by atoms with van der Waals surface area (Å²) in [5.41, 5.74) is 2.63. The van der Waals surface area contributed by atoms with Crippen molar-refractivity contribution >= 4 is 21.7 Å². The molecular weight excluding hydrogens is 326 g/mol. The third-order valence-corrected chi connectivity index (χ3v) is 3.96. The summed E-state index contributed by atoms with van der Waals surface area (Å²) in [5, 5.41) is 5.54. The van der Waals surface area contributed by atoms with E-state index in [4.69, 9.17) is 0 Å². The van der Waals surface area contributed by atoms with Crippen molar-refractivity contribution in [3.8, 4) is 0 Å². The largest absolute Gasteiger partial charge is 0.338 e. The third kappa shape index (κ3) is 6.80. The van der Waals surface area contributed by atoms with E-state index in [-0.39, 0.29) is 12.6 Å². The van der Waals surface area contributed by atoms with Crippen LogP contribution < -0.4 is 15.4 Å². The van der Waals surface area contributed by atoms with Crippen LogP contribution in [0.15, 0.2) is 54.6 Å². The zero-order chi connectivity index (χ0) is 17.4. The van der Waals surface area contributed by atoms with Crippen LogP contribution in [0.1, 0.15) is 11.1 Å². The zero-order valence-electron chi connectivity index (χ0n) is 13.5. The minimum Gasteiger partial charge on any atom is -0.338 e. The molecule has 0 saturated carbocycles. The van der Waals surface area contributed by atoms with E-state index in [0.717, 1.165) is 18.2 Å². The van der Waals surface area contributed by atoms with Crippen LogP contribution in [0.5, 0.6) is 0 Å². The first kappa shape index (κ1) is 18.0. The number of sulfonamides is 1. The quantitative estimate of drug-likeness (QED) is 0.717. The number of urea groups is 1. The van der Waals surface area contributed by atoms with Crippen LogP contribution in [0.4, 0.5) is 10.5 Å². The average molecular weight is 347 g/mol. The minimum absolute atomic E-state index is 0.225. The van der Waals surface area contributed by atoms with Gasteiger partial charge in [-0.3, -0.25) is 0 Å². The van der Waals surface area contributed by atoms with Gasteiger partial charge >= 0.3 is 6.03 Å². The van der Waals surface area contributed by atoms with Crippen molar-refractivity contribution in [3.05, 3.63) is 65.7 Å². The molecule has 0 aromatic heterocycles. The summed E-state index contributed by atoms with van der Waals surface area (Å²) >= 11 is 0. The summed E-state index contributed by atoms with van der Waals surface area (Å²) in [7, 11) is -3.21. The van der Waals surface area contributed by atoms with Crippen molar-refractivity contribution in [2.45, 2.75) is 13.0 Å². The molecule has 0 bridgehead atoms. The van der Waals surface area contributed by atoms with Gasteiger partial charge < -0.3 is 10.6 Å². The molecule has 0 fully saturated rings. The van der Waals surface area contributed by atoms with Crippen LogP contribution in [0.2, 0.25) is 0 Å². The molecule has 0 unspecified atom stereocenters. The Morgan fingerprint density at radius 1 is 0.958 bits per heavy atom. The van der Waals surface area contributed by atoms with E-state index in [9.17, 15) is 13.2 Å². The van der Waals surface area contributed by atoms with Gasteiger partial charge in [-0.1, -0.05) is 42.5 Å². The van der Waals surface area contributed by atoms with Crippen molar-refractivity contribution in [1.82, 2.24) is 10.0 Å². The fourth-order valence-corrected chi connectivity index (χ4v) is 2.49. The van der Waals surface area contributed by atoms with Crippen molar-refractivity contribution in [2.24, 2.45) is 0 Å². The summed E-state index contributed by atoms with van der Waals surface area (Å²) < 4.78 is 24.5. The number of nitrogens with one attached hydrogen (secondary N) is 3. The molecule has 0 saturated heterocycles. The standard InChI is InChI=1S/C17H21N3O3S/c1-24(22,23)19-13-15-7-9-16(10-8-15)20-17(21)18-12-11-14-5-3-2-4-6-14/h2-10,19H,11-13H2,1H3,(H2,18,20,21). The second-order valence-corrected chi connectivity index (χ2v) is 7.24. The summed E-state index contributed by atoms with van der Waals surface area (Å²) in [6.45, 7) is 0.772. The van der Waals surface area contributed by atoms with Gasteiger partial charge in [0.05, 0.1) is 6.26 Å². The first-order chi connectivity index (χ1) is 11.4. The van der Waals surface area contributed by atoms with E-state index < -0.39 is 10.0 Å². The Bertz CT molecular complexity index is 759. The van der Waals surface area contributed by atoms with Gasteiger partial charge in [-0.25, -0.2) is 17.9 Å². The van der Waals surface area contributed by atoms with E-state index in [0.29, 0.717) is 12.2 Å². The number of carbonyl (C=O) groups is 1. The summed E-state index contributed by atoms with van der Waals surface area (Å²) in [5.74, 6) is 0. The Morgan fingerprint density at radius 2 is 1.62 bits per heavy atom. The number of hydrogen-bond donors (Lipinski definition) is 3. The molecule has 6 nitrogen and oxygen atoms in total. The van der Waals surface area contributed by atoms with Crippen LogP contribution >= 0.6 is 0 Å². The smallest absolute Gasteiger partial charge is 0.319 e. The number of carbonyl (C=O) groups excluding carboxylic acids is 1. The van der Waals surface area contributed by atoms with Gasteiger partial charge in [0.2, 0.25) is 10.0 Å². The molecule has 24 heavy (non-hydrogen) atoms. The number of hydrogen-bond acceptors (Lipinski definition) is 3. The summed E-state index contributed by atoms with van der Waals surface area (Å²) in [4.78, 5) is 11.8. The highest BCUT2D eigenvalue weighted by Gasteiger charge is 2.03. The Morgan fingerprint density at radius 3 is 2.25 bits per heavy atom.